The number of benzene rings is 2. The second kappa shape index (κ2) is 8.71. The van der Waals surface area contributed by atoms with E-state index >= 15 is 0 Å². The number of nitrogens with zero attached hydrogens (tertiary/aromatic N) is 2. The van der Waals surface area contributed by atoms with Crippen molar-refractivity contribution in [3.63, 3.8) is 0 Å². The number of carbonyl (C=O) groups is 3. The van der Waals surface area contributed by atoms with Crippen LogP contribution in [0.5, 0.6) is 5.75 Å². The molecule has 2 aromatic carbocycles. The minimum Gasteiger partial charge on any atom is -0.489 e. The Hall–Kier alpha value is -3.34. The molecule has 2 unspecified atom stereocenters. The molecule has 3 aromatic rings. The standard InChI is InChI=1S/C24H20ClN3O6S/c25-15-3-1-2-13-8-20(35-22(13)15)23(30)26-10-19-17-11-33-18-9-14(27-6-7-32-12-21(27)29)4-5-16(18)28(17)24(31)34-19/h1-5,8-9,17,19H,6-7,10-12H2,(H,26,30). The van der Waals surface area contributed by atoms with E-state index < -0.39 is 12.2 Å². The molecule has 0 saturated carbocycles. The molecule has 1 aromatic heterocycles. The number of fused-ring (bicyclic) bond motifs is 4. The van der Waals surface area contributed by atoms with Crippen LogP contribution in [0.2, 0.25) is 5.02 Å². The molecule has 0 radical (unpaired) electrons. The summed E-state index contributed by atoms with van der Waals surface area (Å²) in [6.45, 7) is 1.32. The van der Waals surface area contributed by atoms with Gasteiger partial charge in [0.15, 0.2) is 0 Å². The van der Waals surface area contributed by atoms with Crippen LogP contribution in [0.25, 0.3) is 10.1 Å². The van der Waals surface area contributed by atoms with Crippen LogP contribution in [0.1, 0.15) is 9.67 Å². The second-order valence-corrected chi connectivity index (χ2v) is 9.86. The average molecular weight is 514 g/mol. The zero-order chi connectivity index (χ0) is 24.1. The van der Waals surface area contributed by atoms with E-state index in [9.17, 15) is 14.4 Å². The number of carbonyl (C=O) groups excluding carboxylic acids is 3. The maximum atomic E-state index is 12.8. The Bertz CT molecular complexity index is 1360. The highest BCUT2D eigenvalue weighted by Gasteiger charge is 2.46. The van der Waals surface area contributed by atoms with Crippen molar-refractivity contribution in [2.24, 2.45) is 0 Å². The molecule has 0 aliphatic carbocycles. The van der Waals surface area contributed by atoms with Crippen molar-refractivity contribution in [2.45, 2.75) is 12.1 Å². The highest BCUT2D eigenvalue weighted by molar-refractivity contribution is 7.21. The number of cyclic esters (lactones) is 1. The number of nitrogens with one attached hydrogen (secondary N) is 1. The van der Waals surface area contributed by atoms with Gasteiger partial charge in [-0.15, -0.1) is 11.3 Å². The summed E-state index contributed by atoms with van der Waals surface area (Å²) in [4.78, 5) is 41.4. The highest BCUT2D eigenvalue weighted by atomic mass is 35.5. The third-order valence-electron chi connectivity index (χ3n) is 6.30. The minimum atomic E-state index is -0.571. The number of rotatable bonds is 4. The van der Waals surface area contributed by atoms with Gasteiger partial charge in [-0.25, -0.2) is 4.79 Å². The molecule has 3 aliphatic rings. The summed E-state index contributed by atoms with van der Waals surface area (Å²) in [6.07, 6.45) is -1.07. The van der Waals surface area contributed by atoms with Gasteiger partial charge in [-0.1, -0.05) is 23.7 Å². The van der Waals surface area contributed by atoms with Crippen LogP contribution in [-0.2, 0) is 14.3 Å². The first-order chi connectivity index (χ1) is 17.0. The topological polar surface area (TPSA) is 97.4 Å². The van der Waals surface area contributed by atoms with E-state index in [1.807, 2.05) is 12.1 Å². The largest absolute Gasteiger partial charge is 0.489 e. The van der Waals surface area contributed by atoms with Gasteiger partial charge in [-0.3, -0.25) is 14.5 Å². The molecule has 11 heteroatoms. The van der Waals surface area contributed by atoms with Gasteiger partial charge >= 0.3 is 6.09 Å². The number of morpholine rings is 1. The number of anilines is 2. The Morgan fingerprint density at radius 3 is 2.91 bits per heavy atom. The van der Waals surface area contributed by atoms with Gasteiger partial charge in [0, 0.05) is 18.3 Å². The van der Waals surface area contributed by atoms with Gasteiger partial charge in [0.1, 0.15) is 31.1 Å². The van der Waals surface area contributed by atoms with Gasteiger partial charge in [-0.2, -0.15) is 0 Å². The van der Waals surface area contributed by atoms with Crippen LogP contribution >= 0.6 is 22.9 Å². The van der Waals surface area contributed by atoms with Crippen LogP contribution in [-0.4, -0.2) is 63.0 Å². The summed E-state index contributed by atoms with van der Waals surface area (Å²) < 4.78 is 17.6. The van der Waals surface area contributed by atoms with Crippen molar-refractivity contribution < 1.29 is 28.6 Å². The predicted molar refractivity (Wildman–Crippen MR) is 131 cm³/mol. The third kappa shape index (κ3) is 3.87. The molecule has 0 spiro atoms. The lowest BCUT2D eigenvalue weighted by atomic mass is 10.1. The molecule has 3 aliphatic heterocycles. The number of amides is 3. The fourth-order valence-corrected chi connectivity index (χ4v) is 5.85. The second-order valence-electron chi connectivity index (χ2n) is 8.40. The normalized spacial score (nSPS) is 21.4. The third-order valence-corrected chi connectivity index (χ3v) is 7.91. The first-order valence-electron chi connectivity index (χ1n) is 11.1. The van der Waals surface area contributed by atoms with Crippen molar-refractivity contribution in [2.75, 3.05) is 42.7 Å². The molecule has 2 atom stereocenters. The van der Waals surface area contributed by atoms with Crippen molar-refractivity contribution in [3.05, 3.63) is 52.4 Å². The van der Waals surface area contributed by atoms with E-state index in [0.29, 0.717) is 40.2 Å². The zero-order valence-corrected chi connectivity index (χ0v) is 19.9. The SMILES string of the molecule is O=C(NCC1OC(=O)N2c3ccc(N4CCOCC4=O)cc3OCC12)c1cc2cccc(Cl)c2s1. The Labute approximate surface area is 209 Å². The van der Waals surface area contributed by atoms with E-state index in [2.05, 4.69) is 5.32 Å². The van der Waals surface area contributed by atoms with Crippen LogP contribution in [0.3, 0.4) is 0 Å². The molecule has 6 rings (SSSR count). The van der Waals surface area contributed by atoms with Gasteiger partial charge in [0.2, 0.25) is 0 Å². The molecule has 2 saturated heterocycles. The molecular formula is C24H20ClN3O6S. The fourth-order valence-electron chi connectivity index (χ4n) is 4.57. The molecule has 0 bridgehead atoms. The Morgan fingerprint density at radius 1 is 1.20 bits per heavy atom. The van der Waals surface area contributed by atoms with E-state index in [0.717, 1.165) is 10.1 Å². The molecule has 1 N–H and O–H groups in total. The van der Waals surface area contributed by atoms with E-state index in [4.69, 9.17) is 25.8 Å². The quantitative estimate of drug-likeness (QED) is 0.574. The molecule has 180 valence electrons. The highest BCUT2D eigenvalue weighted by Crippen LogP contribution is 2.41. The monoisotopic (exact) mass is 513 g/mol. The summed E-state index contributed by atoms with van der Waals surface area (Å²) >= 11 is 7.55. The van der Waals surface area contributed by atoms with Gasteiger partial charge in [-0.05, 0) is 29.7 Å². The number of thiophene rings is 1. The summed E-state index contributed by atoms with van der Waals surface area (Å²) in [5.41, 5.74) is 1.26. The van der Waals surface area contributed by atoms with E-state index in [1.54, 1.807) is 40.1 Å². The van der Waals surface area contributed by atoms with Crippen molar-refractivity contribution in [1.82, 2.24) is 5.32 Å². The summed E-state index contributed by atoms with van der Waals surface area (Å²) in [7, 11) is 0. The molecular weight excluding hydrogens is 494 g/mol. The summed E-state index contributed by atoms with van der Waals surface area (Å²) in [5, 5.41) is 4.38. The number of halogens is 1. The number of hydrogen-bond donors (Lipinski definition) is 1. The minimum absolute atomic E-state index is 0.0421. The maximum absolute atomic E-state index is 12.8. The lowest BCUT2D eigenvalue weighted by Crippen LogP contribution is -2.48. The van der Waals surface area contributed by atoms with Crippen LogP contribution < -0.4 is 19.9 Å². The number of ether oxygens (including phenoxy) is 3. The lowest BCUT2D eigenvalue weighted by molar-refractivity contribution is -0.125. The van der Waals surface area contributed by atoms with Crippen LogP contribution in [0, 0.1) is 0 Å². The number of hydrogen-bond acceptors (Lipinski definition) is 7. The smallest absolute Gasteiger partial charge is 0.415 e. The van der Waals surface area contributed by atoms with Crippen LogP contribution in [0.4, 0.5) is 16.2 Å². The first-order valence-corrected chi connectivity index (χ1v) is 12.3. The summed E-state index contributed by atoms with van der Waals surface area (Å²) in [5.74, 6) is 0.123. The molecule has 35 heavy (non-hydrogen) atoms. The fraction of sp³-hybridized carbons (Fsp3) is 0.292. The Morgan fingerprint density at radius 2 is 2.09 bits per heavy atom. The Balaban J connectivity index is 1.16. The first kappa shape index (κ1) is 22.1. The van der Waals surface area contributed by atoms with E-state index in [-0.39, 0.29) is 37.6 Å². The summed E-state index contributed by atoms with van der Waals surface area (Å²) in [6, 6.07) is 12.2. The molecule has 2 fully saturated rings. The predicted octanol–water partition coefficient (Wildman–Crippen LogP) is 3.43. The molecule has 4 heterocycles. The van der Waals surface area contributed by atoms with Gasteiger partial charge < -0.3 is 24.4 Å². The maximum Gasteiger partial charge on any atom is 0.415 e. The van der Waals surface area contributed by atoms with E-state index in [1.165, 1.54) is 11.3 Å². The van der Waals surface area contributed by atoms with Crippen molar-refractivity contribution in [1.29, 1.82) is 0 Å². The zero-order valence-electron chi connectivity index (χ0n) is 18.4. The molecule has 3 amide bonds. The van der Waals surface area contributed by atoms with Crippen LogP contribution in [0.15, 0.2) is 42.5 Å². The van der Waals surface area contributed by atoms with Gasteiger partial charge in [0.05, 0.1) is 33.4 Å². The van der Waals surface area contributed by atoms with Gasteiger partial charge in [0.25, 0.3) is 11.8 Å². The lowest BCUT2D eigenvalue weighted by Gasteiger charge is -2.33. The molecule has 9 nitrogen and oxygen atoms in total. The van der Waals surface area contributed by atoms with Crippen molar-refractivity contribution in [3.8, 4) is 5.75 Å². The Kier molecular flexibility index (Phi) is 5.51. The average Bonchev–Trinajstić information content (AvgIpc) is 3.45. The van der Waals surface area contributed by atoms with Crippen molar-refractivity contribution >= 4 is 62.3 Å².